The number of piperidine rings is 1. The lowest BCUT2D eigenvalue weighted by molar-refractivity contribution is -0.120. The number of rotatable bonds is 2. The van der Waals surface area contributed by atoms with Crippen LogP contribution in [0.15, 0.2) is 24.5 Å². The summed E-state index contributed by atoms with van der Waals surface area (Å²) in [6.45, 7) is 6.51. The predicted molar refractivity (Wildman–Crippen MR) is 110 cm³/mol. The molecule has 0 saturated carbocycles. The van der Waals surface area contributed by atoms with Crippen molar-refractivity contribution in [3.05, 3.63) is 30.1 Å². The molecule has 160 valence electrons. The zero-order valence-corrected chi connectivity index (χ0v) is 17.6. The Hall–Kier alpha value is -3.10. The largest absolute Gasteiger partial charge is 0.444 e. The molecular weight excluding hydrogens is 386 g/mol. The lowest BCUT2D eigenvalue weighted by Crippen LogP contribution is -2.50. The van der Waals surface area contributed by atoms with E-state index in [1.54, 1.807) is 11.1 Å². The molecule has 2 aliphatic heterocycles. The van der Waals surface area contributed by atoms with Crippen LogP contribution in [0.3, 0.4) is 0 Å². The number of likely N-dealkylation sites (tertiary alicyclic amines) is 1. The molecule has 0 radical (unpaired) electrons. The quantitative estimate of drug-likeness (QED) is 0.815. The number of nitrogens with one attached hydrogen (secondary N) is 1. The van der Waals surface area contributed by atoms with E-state index in [4.69, 9.17) is 4.74 Å². The number of carbonyl (C=O) groups is 3. The molecule has 2 aromatic heterocycles. The molecule has 9 nitrogen and oxygen atoms in total. The van der Waals surface area contributed by atoms with Crippen molar-refractivity contribution in [2.45, 2.75) is 58.1 Å². The summed E-state index contributed by atoms with van der Waals surface area (Å²) >= 11 is 0. The molecule has 2 fully saturated rings. The summed E-state index contributed by atoms with van der Waals surface area (Å²) in [6, 6.07) is 3.26. The maximum absolute atomic E-state index is 12.8. The van der Waals surface area contributed by atoms with Gasteiger partial charge in [0.1, 0.15) is 17.1 Å². The molecular formula is C21H27N5O4. The average molecular weight is 413 g/mol. The molecule has 1 atom stereocenters. The molecule has 0 aromatic carbocycles. The first-order valence-electron chi connectivity index (χ1n) is 10.3. The highest BCUT2D eigenvalue weighted by Gasteiger charge is 2.33. The van der Waals surface area contributed by atoms with E-state index in [-0.39, 0.29) is 24.5 Å². The zero-order chi connectivity index (χ0) is 21.5. The highest BCUT2D eigenvalue weighted by molar-refractivity contribution is 6.05. The molecule has 0 aliphatic carbocycles. The molecule has 2 aliphatic rings. The summed E-state index contributed by atoms with van der Waals surface area (Å²) in [4.78, 5) is 44.5. The van der Waals surface area contributed by atoms with E-state index in [0.717, 1.165) is 24.8 Å². The predicted octanol–water partition coefficient (Wildman–Crippen LogP) is 3.24. The number of urea groups is 1. The fourth-order valence-electron chi connectivity index (χ4n) is 4.06. The van der Waals surface area contributed by atoms with Crippen LogP contribution in [0.25, 0.3) is 5.65 Å². The fraction of sp³-hybridized carbons (Fsp3) is 0.524. The molecule has 2 saturated heterocycles. The van der Waals surface area contributed by atoms with Crippen molar-refractivity contribution in [3.63, 3.8) is 0 Å². The molecule has 2 aromatic rings. The first-order valence-corrected chi connectivity index (χ1v) is 10.3. The third-order valence-electron chi connectivity index (χ3n) is 5.37. The standard InChI is InChI=1S/C21H27N5O4/c1-21(2,3)30-20(29)24-10-5-4-8-15(24)14-7-6-11-25-17(13-22-18(14)25)26-12-9-16(27)23-19(26)28/h6-7,11,13,15H,4-5,8-10,12H2,1-3H3,(H,23,27,28). The van der Waals surface area contributed by atoms with Crippen LogP contribution in [0.4, 0.5) is 15.4 Å². The van der Waals surface area contributed by atoms with Crippen molar-refractivity contribution in [2.24, 2.45) is 0 Å². The van der Waals surface area contributed by atoms with Gasteiger partial charge in [-0.15, -0.1) is 0 Å². The summed E-state index contributed by atoms with van der Waals surface area (Å²) in [5.41, 5.74) is 1.05. The second-order valence-electron chi connectivity index (χ2n) is 8.71. The van der Waals surface area contributed by atoms with Gasteiger partial charge in [-0.05, 0) is 46.1 Å². The molecule has 4 heterocycles. The van der Waals surface area contributed by atoms with Gasteiger partial charge in [0.15, 0.2) is 0 Å². The van der Waals surface area contributed by atoms with E-state index in [0.29, 0.717) is 24.6 Å². The minimum atomic E-state index is -0.565. The second kappa shape index (κ2) is 7.62. The van der Waals surface area contributed by atoms with Gasteiger partial charge in [-0.2, -0.15) is 0 Å². The molecule has 30 heavy (non-hydrogen) atoms. The van der Waals surface area contributed by atoms with Crippen LogP contribution in [0.1, 0.15) is 58.1 Å². The summed E-state index contributed by atoms with van der Waals surface area (Å²) in [7, 11) is 0. The van der Waals surface area contributed by atoms with Crippen molar-refractivity contribution in [2.75, 3.05) is 18.0 Å². The number of pyridine rings is 1. The van der Waals surface area contributed by atoms with E-state index in [9.17, 15) is 14.4 Å². The number of nitrogens with zero attached hydrogens (tertiary/aromatic N) is 4. The van der Waals surface area contributed by atoms with Gasteiger partial charge in [-0.25, -0.2) is 14.6 Å². The van der Waals surface area contributed by atoms with Crippen molar-refractivity contribution < 1.29 is 19.1 Å². The van der Waals surface area contributed by atoms with E-state index >= 15 is 0 Å². The summed E-state index contributed by atoms with van der Waals surface area (Å²) in [5.74, 6) is 0.317. The van der Waals surface area contributed by atoms with Crippen LogP contribution in [-0.2, 0) is 9.53 Å². The molecule has 0 bridgehead atoms. The minimum Gasteiger partial charge on any atom is -0.444 e. The number of hydrogen-bond acceptors (Lipinski definition) is 5. The summed E-state index contributed by atoms with van der Waals surface area (Å²) in [5, 5.41) is 2.34. The van der Waals surface area contributed by atoms with Gasteiger partial charge in [0.05, 0.1) is 12.2 Å². The van der Waals surface area contributed by atoms with Crippen LogP contribution < -0.4 is 10.2 Å². The molecule has 4 amide bonds. The highest BCUT2D eigenvalue weighted by atomic mass is 16.6. The number of imidazole rings is 1. The number of aromatic nitrogens is 2. The maximum atomic E-state index is 12.8. The van der Waals surface area contributed by atoms with E-state index < -0.39 is 11.6 Å². The number of fused-ring (bicyclic) bond motifs is 1. The van der Waals surface area contributed by atoms with Gasteiger partial charge in [0.25, 0.3) is 0 Å². The number of hydrogen-bond donors (Lipinski definition) is 1. The Labute approximate surface area is 175 Å². The normalized spacial score (nSPS) is 20.4. The van der Waals surface area contributed by atoms with E-state index in [1.165, 1.54) is 4.90 Å². The summed E-state index contributed by atoms with van der Waals surface area (Å²) < 4.78 is 7.47. The van der Waals surface area contributed by atoms with Gasteiger partial charge in [0.2, 0.25) is 5.91 Å². The Morgan fingerprint density at radius 3 is 2.77 bits per heavy atom. The Morgan fingerprint density at radius 1 is 1.23 bits per heavy atom. The smallest absolute Gasteiger partial charge is 0.410 e. The number of imide groups is 1. The topological polar surface area (TPSA) is 96.3 Å². The van der Waals surface area contributed by atoms with Crippen LogP contribution in [0.5, 0.6) is 0 Å². The minimum absolute atomic E-state index is 0.149. The molecule has 1 unspecified atom stereocenters. The number of amides is 4. The maximum Gasteiger partial charge on any atom is 0.410 e. The van der Waals surface area contributed by atoms with Crippen LogP contribution in [-0.4, -0.2) is 51.0 Å². The van der Waals surface area contributed by atoms with Crippen molar-refractivity contribution in [1.82, 2.24) is 19.6 Å². The molecule has 4 rings (SSSR count). The molecule has 1 N–H and O–H groups in total. The Kier molecular flexibility index (Phi) is 5.13. The monoisotopic (exact) mass is 413 g/mol. The van der Waals surface area contributed by atoms with Crippen LogP contribution in [0.2, 0.25) is 0 Å². The summed E-state index contributed by atoms with van der Waals surface area (Å²) in [6.07, 6.45) is 6.15. The first-order chi connectivity index (χ1) is 14.2. The Balaban J connectivity index is 1.68. The second-order valence-corrected chi connectivity index (χ2v) is 8.71. The zero-order valence-electron chi connectivity index (χ0n) is 17.6. The van der Waals surface area contributed by atoms with Crippen LogP contribution in [0, 0.1) is 0 Å². The lowest BCUT2D eigenvalue weighted by Gasteiger charge is -2.37. The molecule has 9 heteroatoms. The SMILES string of the molecule is CC(C)(C)OC(=O)N1CCCCC1c1cccn2c(N3CCC(=O)NC3=O)cnc12. The van der Waals surface area contributed by atoms with Gasteiger partial charge in [-0.1, -0.05) is 6.07 Å². The van der Waals surface area contributed by atoms with Crippen LogP contribution >= 0.6 is 0 Å². The van der Waals surface area contributed by atoms with Gasteiger partial charge in [0, 0.05) is 31.3 Å². The van der Waals surface area contributed by atoms with Crippen molar-refractivity contribution in [3.8, 4) is 0 Å². The third-order valence-corrected chi connectivity index (χ3v) is 5.37. The van der Waals surface area contributed by atoms with E-state index in [2.05, 4.69) is 10.3 Å². The Morgan fingerprint density at radius 2 is 2.03 bits per heavy atom. The highest BCUT2D eigenvalue weighted by Crippen LogP contribution is 2.35. The lowest BCUT2D eigenvalue weighted by atomic mass is 9.96. The average Bonchev–Trinajstić information content (AvgIpc) is 3.11. The fourth-order valence-corrected chi connectivity index (χ4v) is 4.06. The van der Waals surface area contributed by atoms with E-state index in [1.807, 2.05) is 43.5 Å². The number of ether oxygens (including phenoxy) is 1. The third kappa shape index (κ3) is 3.83. The number of anilines is 1. The first kappa shape index (κ1) is 20.2. The van der Waals surface area contributed by atoms with Gasteiger partial charge in [-0.3, -0.25) is 19.4 Å². The van der Waals surface area contributed by atoms with Gasteiger partial charge >= 0.3 is 12.1 Å². The Bertz CT molecular complexity index is 993. The van der Waals surface area contributed by atoms with Crippen molar-refractivity contribution in [1.29, 1.82) is 0 Å². The van der Waals surface area contributed by atoms with Crippen molar-refractivity contribution >= 4 is 29.5 Å². The number of carbonyl (C=O) groups excluding carboxylic acids is 3. The van der Waals surface area contributed by atoms with Gasteiger partial charge < -0.3 is 9.64 Å². The molecule has 0 spiro atoms.